The summed E-state index contributed by atoms with van der Waals surface area (Å²) >= 11 is 0. The van der Waals surface area contributed by atoms with Crippen LogP contribution < -0.4 is 10.1 Å². The standard InChI is InChI=1S/C33H40N2O5/c1-4-39-33(38)32(37)34-28-17-23(2)31(24(3)18-28)40-29-15-16-30(36)27(19-29)22-35(20-25-11-7-5-8-12-25)21-26-13-9-6-10-14-26/h5,7-8,11-12,15-19,26,36H,4,6,9-10,13-14,20-22H2,1-3H3,(H,34,37). The zero-order chi connectivity index (χ0) is 28.5. The second-order valence-corrected chi connectivity index (χ2v) is 10.7. The average molecular weight is 545 g/mol. The minimum absolute atomic E-state index is 0.135. The van der Waals surface area contributed by atoms with Gasteiger partial charge in [-0.1, -0.05) is 49.6 Å². The van der Waals surface area contributed by atoms with Gasteiger partial charge in [-0.3, -0.25) is 9.69 Å². The van der Waals surface area contributed by atoms with Crippen molar-refractivity contribution in [3.8, 4) is 17.2 Å². The molecule has 40 heavy (non-hydrogen) atoms. The van der Waals surface area contributed by atoms with Crippen LogP contribution in [0, 0.1) is 19.8 Å². The summed E-state index contributed by atoms with van der Waals surface area (Å²) in [6.07, 6.45) is 6.43. The van der Waals surface area contributed by atoms with E-state index in [1.54, 1.807) is 31.2 Å². The second-order valence-electron chi connectivity index (χ2n) is 10.7. The maximum atomic E-state index is 12.1. The Hall–Kier alpha value is -3.84. The molecular formula is C33H40N2O5. The fourth-order valence-electron chi connectivity index (χ4n) is 5.43. The molecule has 7 heteroatoms. The number of anilines is 1. The molecule has 1 fully saturated rings. The predicted molar refractivity (Wildman–Crippen MR) is 156 cm³/mol. The highest BCUT2D eigenvalue weighted by Gasteiger charge is 2.20. The molecule has 1 aliphatic rings. The number of nitrogens with zero attached hydrogens (tertiary/aromatic N) is 1. The summed E-state index contributed by atoms with van der Waals surface area (Å²) in [6.45, 7) is 7.99. The molecule has 4 rings (SSSR count). The molecule has 2 N–H and O–H groups in total. The zero-order valence-electron chi connectivity index (χ0n) is 23.7. The molecular weight excluding hydrogens is 504 g/mol. The highest BCUT2D eigenvalue weighted by molar-refractivity contribution is 6.37. The zero-order valence-corrected chi connectivity index (χ0v) is 23.7. The van der Waals surface area contributed by atoms with E-state index in [0.29, 0.717) is 29.6 Å². The summed E-state index contributed by atoms with van der Waals surface area (Å²) in [5, 5.41) is 13.4. The van der Waals surface area contributed by atoms with Gasteiger partial charge < -0.3 is 19.9 Å². The lowest BCUT2D eigenvalue weighted by atomic mass is 9.88. The van der Waals surface area contributed by atoms with E-state index >= 15 is 0 Å². The van der Waals surface area contributed by atoms with E-state index in [1.165, 1.54) is 37.7 Å². The molecule has 3 aromatic carbocycles. The van der Waals surface area contributed by atoms with Crippen LogP contribution in [-0.2, 0) is 27.4 Å². The van der Waals surface area contributed by atoms with Crippen LogP contribution in [0.5, 0.6) is 17.2 Å². The molecule has 1 amide bonds. The number of phenols is 1. The number of benzene rings is 3. The number of carbonyl (C=O) groups is 2. The Morgan fingerprint density at radius 2 is 1.65 bits per heavy atom. The van der Waals surface area contributed by atoms with Gasteiger partial charge in [-0.05, 0) is 86.6 Å². The van der Waals surface area contributed by atoms with Crippen LogP contribution in [0.3, 0.4) is 0 Å². The highest BCUT2D eigenvalue weighted by atomic mass is 16.5. The maximum absolute atomic E-state index is 12.1. The Labute approximate surface area is 237 Å². The third-order valence-electron chi connectivity index (χ3n) is 7.33. The molecule has 1 aliphatic carbocycles. The average Bonchev–Trinajstić information content (AvgIpc) is 2.93. The Morgan fingerprint density at radius 3 is 2.33 bits per heavy atom. The number of esters is 1. The van der Waals surface area contributed by atoms with Crippen molar-refractivity contribution in [3.05, 3.63) is 82.9 Å². The first kappa shape index (κ1) is 29.2. The fourth-order valence-corrected chi connectivity index (χ4v) is 5.43. The van der Waals surface area contributed by atoms with Gasteiger partial charge in [-0.25, -0.2) is 4.79 Å². The first-order chi connectivity index (χ1) is 19.3. The maximum Gasteiger partial charge on any atom is 0.397 e. The van der Waals surface area contributed by atoms with Crippen molar-refractivity contribution in [2.45, 2.75) is 66.0 Å². The van der Waals surface area contributed by atoms with Gasteiger partial charge >= 0.3 is 11.9 Å². The number of ether oxygens (including phenoxy) is 2. The van der Waals surface area contributed by atoms with Gasteiger partial charge in [-0.15, -0.1) is 0 Å². The minimum Gasteiger partial charge on any atom is -0.508 e. The number of amides is 1. The van der Waals surface area contributed by atoms with Crippen LogP contribution in [0.15, 0.2) is 60.7 Å². The van der Waals surface area contributed by atoms with Crippen LogP contribution >= 0.6 is 0 Å². The number of aromatic hydroxyl groups is 1. The van der Waals surface area contributed by atoms with E-state index < -0.39 is 11.9 Å². The quantitative estimate of drug-likeness (QED) is 0.214. The van der Waals surface area contributed by atoms with E-state index in [2.05, 4.69) is 34.5 Å². The summed E-state index contributed by atoms with van der Waals surface area (Å²) in [5.41, 5.74) is 4.17. The van der Waals surface area contributed by atoms with Crippen LogP contribution in [0.1, 0.15) is 61.3 Å². The number of phenolic OH excluding ortho intramolecular Hbond substituents is 1. The van der Waals surface area contributed by atoms with Gasteiger partial charge in [0, 0.05) is 30.9 Å². The van der Waals surface area contributed by atoms with Gasteiger partial charge in [0.05, 0.1) is 6.61 Å². The van der Waals surface area contributed by atoms with Gasteiger partial charge in [0.15, 0.2) is 0 Å². The number of nitrogens with one attached hydrogen (secondary N) is 1. The monoisotopic (exact) mass is 544 g/mol. The molecule has 1 saturated carbocycles. The molecule has 7 nitrogen and oxygen atoms in total. The van der Waals surface area contributed by atoms with Crippen molar-refractivity contribution in [3.63, 3.8) is 0 Å². The summed E-state index contributed by atoms with van der Waals surface area (Å²) in [4.78, 5) is 26.2. The van der Waals surface area contributed by atoms with E-state index in [9.17, 15) is 14.7 Å². The minimum atomic E-state index is -0.917. The predicted octanol–water partition coefficient (Wildman–Crippen LogP) is 6.89. The molecule has 0 unspecified atom stereocenters. The topological polar surface area (TPSA) is 88.1 Å². The molecule has 0 heterocycles. The Kier molecular flexibility index (Phi) is 10.2. The molecule has 0 aromatic heterocycles. The SMILES string of the molecule is CCOC(=O)C(=O)Nc1cc(C)c(Oc2ccc(O)c(CN(Cc3ccccc3)CC3CCCCC3)c2)c(C)c1. The summed E-state index contributed by atoms with van der Waals surface area (Å²) in [6, 6.07) is 19.3. The normalized spacial score (nSPS) is 13.7. The number of aryl methyl sites for hydroxylation is 2. The first-order valence-electron chi connectivity index (χ1n) is 14.2. The largest absolute Gasteiger partial charge is 0.508 e. The lowest BCUT2D eigenvalue weighted by Crippen LogP contribution is -2.30. The van der Waals surface area contributed by atoms with Crippen molar-refractivity contribution in [2.75, 3.05) is 18.5 Å². The van der Waals surface area contributed by atoms with Gasteiger partial charge in [0.2, 0.25) is 0 Å². The molecule has 0 bridgehead atoms. The number of rotatable bonds is 10. The lowest BCUT2D eigenvalue weighted by Gasteiger charge is -2.30. The fraction of sp³-hybridized carbons (Fsp3) is 0.394. The molecule has 212 valence electrons. The van der Waals surface area contributed by atoms with Crippen molar-refractivity contribution >= 4 is 17.6 Å². The van der Waals surface area contributed by atoms with Crippen molar-refractivity contribution in [1.29, 1.82) is 0 Å². The summed E-state index contributed by atoms with van der Waals surface area (Å²) in [5.74, 6) is 0.478. The Morgan fingerprint density at radius 1 is 0.950 bits per heavy atom. The van der Waals surface area contributed by atoms with E-state index in [1.807, 2.05) is 26.0 Å². The molecule has 0 aliphatic heterocycles. The second kappa shape index (κ2) is 14.0. The molecule has 0 atom stereocenters. The summed E-state index contributed by atoms with van der Waals surface area (Å²) in [7, 11) is 0. The summed E-state index contributed by atoms with van der Waals surface area (Å²) < 4.78 is 11.1. The molecule has 0 radical (unpaired) electrons. The van der Waals surface area contributed by atoms with E-state index in [4.69, 9.17) is 9.47 Å². The first-order valence-corrected chi connectivity index (χ1v) is 14.2. The van der Waals surface area contributed by atoms with Crippen molar-refractivity contribution in [2.24, 2.45) is 5.92 Å². The lowest BCUT2D eigenvalue weighted by molar-refractivity contribution is -0.152. The highest BCUT2D eigenvalue weighted by Crippen LogP contribution is 2.34. The van der Waals surface area contributed by atoms with Gasteiger partial charge in [0.1, 0.15) is 17.2 Å². The van der Waals surface area contributed by atoms with Gasteiger partial charge in [-0.2, -0.15) is 0 Å². The molecule has 3 aromatic rings. The third-order valence-corrected chi connectivity index (χ3v) is 7.33. The number of hydrogen-bond donors (Lipinski definition) is 2. The Balaban J connectivity index is 1.50. The van der Waals surface area contributed by atoms with E-state index in [0.717, 1.165) is 29.8 Å². The number of hydrogen-bond acceptors (Lipinski definition) is 6. The molecule has 0 saturated heterocycles. The van der Waals surface area contributed by atoms with Crippen molar-refractivity contribution < 1.29 is 24.2 Å². The van der Waals surface area contributed by atoms with Crippen LogP contribution in [0.4, 0.5) is 5.69 Å². The molecule has 0 spiro atoms. The van der Waals surface area contributed by atoms with Crippen LogP contribution in [0.2, 0.25) is 0 Å². The van der Waals surface area contributed by atoms with Crippen LogP contribution in [-0.4, -0.2) is 35.0 Å². The van der Waals surface area contributed by atoms with Crippen LogP contribution in [0.25, 0.3) is 0 Å². The van der Waals surface area contributed by atoms with Crippen molar-refractivity contribution in [1.82, 2.24) is 4.90 Å². The third kappa shape index (κ3) is 8.09. The smallest absolute Gasteiger partial charge is 0.397 e. The number of carbonyl (C=O) groups excluding carboxylic acids is 2. The van der Waals surface area contributed by atoms with Gasteiger partial charge in [0.25, 0.3) is 0 Å². The van der Waals surface area contributed by atoms with E-state index in [-0.39, 0.29) is 12.4 Å². The Bertz CT molecular complexity index is 1280.